The van der Waals surface area contributed by atoms with Crippen LogP contribution in [-0.2, 0) is 9.53 Å². The third-order valence-electron chi connectivity index (χ3n) is 4.21. The van der Waals surface area contributed by atoms with Crippen molar-refractivity contribution in [3.63, 3.8) is 0 Å². The van der Waals surface area contributed by atoms with E-state index in [2.05, 4.69) is 12.2 Å². The summed E-state index contributed by atoms with van der Waals surface area (Å²) in [5, 5.41) is 2.90. The minimum atomic E-state index is -0.528. The molecule has 140 valence electrons. The maximum atomic E-state index is 12.4. The van der Waals surface area contributed by atoms with Crippen molar-refractivity contribution in [2.24, 2.45) is 11.7 Å². The van der Waals surface area contributed by atoms with Crippen LogP contribution in [0, 0.1) is 5.92 Å². The van der Waals surface area contributed by atoms with Crippen LogP contribution < -0.4 is 20.5 Å². The van der Waals surface area contributed by atoms with Crippen molar-refractivity contribution < 1.29 is 19.0 Å². The van der Waals surface area contributed by atoms with E-state index in [1.807, 2.05) is 19.1 Å². The molecule has 1 aliphatic heterocycles. The van der Waals surface area contributed by atoms with Gasteiger partial charge < -0.3 is 25.3 Å². The van der Waals surface area contributed by atoms with Gasteiger partial charge in [-0.2, -0.15) is 0 Å². The zero-order valence-electron chi connectivity index (χ0n) is 15.3. The predicted molar refractivity (Wildman–Crippen MR) is 98.2 cm³/mol. The van der Waals surface area contributed by atoms with Crippen LogP contribution >= 0.6 is 0 Å². The first-order valence-electron chi connectivity index (χ1n) is 9.19. The second-order valence-electron chi connectivity index (χ2n) is 6.32. The maximum absolute atomic E-state index is 12.4. The molecule has 1 aromatic carbocycles. The molecule has 0 bridgehead atoms. The molecule has 6 nitrogen and oxygen atoms in total. The normalized spacial score (nSPS) is 16.3. The Hall–Kier alpha value is -1.79. The zero-order valence-corrected chi connectivity index (χ0v) is 15.3. The van der Waals surface area contributed by atoms with E-state index in [0.29, 0.717) is 43.6 Å². The second-order valence-corrected chi connectivity index (χ2v) is 6.32. The van der Waals surface area contributed by atoms with Crippen LogP contribution in [0.15, 0.2) is 18.2 Å². The molecule has 1 amide bonds. The molecule has 1 aromatic rings. The number of hydrogen-bond donors (Lipinski definition) is 2. The molecule has 1 aliphatic rings. The van der Waals surface area contributed by atoms with Gasteiger partial charge in [0.15, 0.2) is 11.5 Å². The highest BCUT2D eigenvalue weighted by molar-refractivity contribution is 5.95. The number of hydrogen-bond acceptors (Lipinski definition) is 5. The minimum absolute atomic E-state index is 0.164. The Morgan fingerprint density at radius 3 is 2.48 bits per heavy atom. The molecule has 1 unspecified atom stereocenters. The van der Waals surface area contributed by atoms with E-state index >= 15 is 0 Å². The number of benzene rings is 1. The number of nitrogens with two attached hydrogens (primary N) is 1. The van der Waals surface area contributed by atoms with Crippen molar-refractivity contribution >= 4 is 11.6 Å². The molecule has 25 heavy (non-hydrogen) atoms. The van der Waals surface area contributed by atoms with Crippen LogP contribution in [-0.4, -0.2) is 38.4 Å². The number of ether oxygens (including phenoxy) is 3. The molecule has 6 heteroatoms. The Bertz CT molecular complexity index is 544. The summed E-state index contributed by atoms with van der Waals surface area (Å²) in [5.74, 6) is 1.34. The molecule has 2 rings (SSSR count). The number of amides is 1. The molecule has 0 aromatic heterocycles. The highest BCUT2D eigenvalue weighted by Gasteiger charge is 2.26. The largest absolute Gasteiger partial charge is 0.490 e. The van der Waals surface area contributed by atoms with E-state index in [9.17, 15) is 4.79 Å². The first kappa shape index (κ1) is 19.5. The van der Waals surface area contributed by atoms with E-state index in [1.54, 1.807) is 6.07 Å². The van der Waals surface area contributed by atoms with Crippen molar-refractivity contribution in [1.82, 2.24) is 0 Å². The second kappa shape index (κ2) is 10.3. The first-order chi connectivity index (χ1) is 12.2. The van der Waals surface area contributed by atoms with Crippen molar-refractivity contribution in [2.75, 3.05) is 31.7 Å². The fourth-order valence-electron chi connectivity index (χ4n) is 2.76. The lowest BCUT2D eigenvalue weighted by molar-refractivity contribution is -0.119. The van der Waals surface area contributed by atoms with Crippen molar-refractivity contribution in [3.8, 4) is 11.5 Å². The molecule has 1 atom stereocenters. The smallest absolute Gasteiger partial charge is 0.241 e. The summed E-state index contributed by atoms with van der Waals surface area (Å²) in [6.07, 6.45) is 3.47. The summed E-state index contributed by atoms with van der Waals surface area (Å²) in [7, 11) is 0. The summed E-state index contributed by atoms with van der Waals surface area (Å²) in [5.41, 5.74) is 6.80. The summed E-state index contributed by atoms with van der Waals surface area (Å²) >= 11 is 0. The predicted octanol–water partition coefficient (Wildman–Crippen LogP) is 2.96. The lowest BCUT2D eigenvalue weighted by atomic mass is 9.92. The molecule has 1 heterocycles. The van der Waals surface area contributed by atoms with Gasteiger partial charge in [0, 0.05) is 25.0 Å². The van der Waals surface area contributed by atoms with Gasteiger partial charge in [-0.15, -0.1) is 0 Å². The Morgan fingerprint density at radius 2 is 1.84 bits per heavy atom. The lowest BCUT2D eigenvalue weighted by Gasteiger charge is -2.26. The quantitative estimate of drug-likeness (QED) is 0.715. The lowest BCUT2D eigenvalue weighted by Crippen LogP contribution is -2.44. The zero-order chi connectivity index (χ0) is 18.1. The van der Waals surface area contributed by atoms with Crippen LogP contribution in [0.25, 0.3) is 0 Å². The van der Waals surface area contributed by atoms with Crippen molar-refractivity contribution in [3.05, 3.63) is 18.2 Å². The third-order valence-corrected chi connectivity index (χ3v) is 4.21. The fourth-order valence-corrected chi connectivity index (χ4v) is 2.76. The summed E-state index contributed by atoms with van der Waals surface area (Å²) in [6.45, 7) is 6.67. The van der Waals surface area contributed by atoms with Crippen LogP contribution in [0.5, 0.6) is 11.5 Å². The van der Waals surface area contributed by atoms with Gasteiger partial charge in [0.05, 0.1) is 19.3 Å². The summed E-state index contributed by atoms with van der Waals surface area (Å²) in [4.78, 5) is 12.4. The number of nitrogens with one attached hydrogen (secondary N) is 1. The Kier molecular flexibility index (Phi) is 8.01. The molecule has 3 N–H and O–H groups in total. The van der Waals surface area contributed by atoms with E-state index in [1.165, 1.54) is 0 Å². The first-order valence-corrected chi connectivity index (χ1v) is 9.19. The highest BCUT2D eigenvalue weighted by atomic mass is 16.5. The molecule has 0 spiro atoms. The average molecular weight is 350 g/mol. The van der Waals surface area contributed by atoms with Gasteiger partial charge in [-0.1, -0.05) is 13.8 Å². The molecule has 1 saturated heterocycles. The molecule has 0 radical (unpaired) electrons. The topological polar surface area (TPSA) is 82.8 Å². The number of rotatable bonds is 9. The molecular weight excluding hydrogens is 320 g/mol. The summed E-state index contributed by atoms with van der Waals surface area (Å²) in [6, 6.07) is 4.92. The van der Waals surface area contributed by atoms with Gasteiger partial charge in [-0.3, -0.25) is 4.79 Å². The minimum Gasteiger partial charge on any atom is -0.490 e. The van der Waals surface area contributed by atoms with Gasteiger partial charge in [0.25, 0.3) is 0 Å². The van der Waals surface area contributed by atoms with E-state index in [4.69, 9.17) is 19.9 Å². The molecular formula is C19H30N2O4. The van der Waals surface area contributed by atoms with Gasteiger partial charge in [0.2, 0.25) is 5.91 Å². The van der Waals surface area contributed by atoms with Gasteiger partial charge in [0.1, 0.15) is 0 Å². The van der Waals surface area contributed by atoms with Crippen LogP contribution in [0.1, 0.15) is 39.5 Å². The van der Waals surface area contributed by atoms with Crippen molar-refractivity contribution in [1.29, 1.82) is 0 Å². The molecule has 0 saturated carbocycles. The van der Waals surface area contributed by atoms with E-state index in [-0.39, 0.29) is 11.8 Å². The van der Waals surface area contributed by atoms with Crippen molar-refractivity contribution in [2.45, 2.75) is 45.6 Å². The average Bonchev–Trinajstić information content (AvgIpc) is 2.65. The third kappa shape index (κ3) is 5.90. The Balaban J connectivity index is 2.03. The summed E-state index contributed by atoms with van der Waals surface area (Å²) < 4.78 is 16.8. The number of carbonyl (C=O) groups excluding carboxylic acids is 1. The van der Waals surface area contributed by atoms with Crippen LogP contribution in [0.2, 0.25) is 0 Å². The van der Waals surface area contributed by atoms with Crippen LogP contribution in [0.3, 0.4) is 0 Å². The van der Waals surface area contributed by atoms with E-state index in [0.717, 1.165) is 25.7 Å². The van der Waals surface area contributed by atoms with E-state index < -0.39 is 6.04 Å². The van der Waals surface area contributed by atoms with Gasteiger partial charge in [-0.05, 0) is 43.7 Å². The highest BCUT2D eigenvalue weighted by Crippen LogP contribution is 2.31. The van der Waals surface area contributed by atoms with Gasteiger partial charge in [-0.25, -0.2) is 0 Å². The SMILES string of the molecule is CCCOc1ccc(NC(=O)C(N)C2CCOCC2)cc1OCCC. The number of anilines is 1. The molecule has 0 aliphatic carbocycles. The van der Waals surface area contributed by atoms with Crippen LogP contribution in [0.4, 0.5) is 5.69 Å². The standard InChI is InChI=1S/C19H30N2O4/c1-3-9-24-16-6-5-15(13-17(16)25-10-4-2)21-19(22)18(20)14-7-11-23-12-8-14/h5-6,13-14,18H,3-4,7-12,20H2,1-2H3,(H,21,22). The fraction of sp³-hybridized carbons (Fsp3) is 0.632. The monoisotopic (exact) mass is 350 g/mol. The van der Waals surface area contributed by atoms with Gasteiger partial charge >= 0.3 is 0 Å². The Labute approximate surface area is 150 Å². The number of carbonyl (C=O) groups is 1. The molecule has 1 fully saturated rings. The maximum Gasteiger partial charge on any atom is 0.241 e. The Morgan fingerprint density at radius 1 is 1.20 bits per heavy atom.